The first-order valence-electron chi connectivity index (χ1n) is 4.98. The number of benzene rings is 1. The molecule has 1 N–H and O–H groups in total. The van der Waals surface area contributed by atoms with Gasteiger partial charge in [-0.2, -0.15) is 0 Å². The number of hydrogen-bond donors (Lipinski definition) is 1. The lowest BCUT2D eigenvalue weighted by molar-refractivity contribution is -0.383. The minimum atomic E-state index is -0.514. The van der Waals surface area contributed by atoms with Crippen LogP contribution in [0.4, 0.5) is 11.4 Å². The second-order valence-electron chi connectivity index (χ2n) is 3.35. The molecule has 2 aromatic rings. The fourth-order valence-corrected chi connectivity index (χ4v) is 1.45. The van der Waals surface area contributed by atoms with E-state index < -0.39 is 4.92 Å². The van der Waals surface area contributed by atoms with Crippen LogP contribution in [0, 0.1) is 10.1 Å². The molecule has 0 spiro atoms. The molecule has 0 bridgehead atoms. The topological polar surface area (TPSA) is 94.1 Å². The van der Waals surface area contributed by atoms with Crippen molar-refractivity contribution in [3.05, 3.63) is 34.9 Å². The van der Waals surface area contributed by atoms with E-state index in [2.05, 4.69) is 26.8 Å². The van der Waals surface area contributed by atoms with Gasteiger partial charge in [-0.3, -0.25) is 10.1 Å². The monoisotopic (exact) mass is 234 g/mol. The number of hydrogen-bond acceptors (Lipinski definition) is 6. The molecule has 0 aliphatic carbocycles. The second kappa shape index (κ2) is 4.60. The quantitative estimate of drug-likeness (QED) is 0.368. The number of anilines is 1. The van der Waals surface area contributed by atoms with E-state index in [1.807, 2.05) is 0 Å². The normalized spacial score (nSPS) is 10.4. The summed E-state index contributed by atoms with van der Waals surface area (Å²) >= 11 is 0. The zero-order valence-electron chi connectivity index (χ0n) is 8.92. The van der Waals surface area contributed by atoms with Crippen LogP contribution in [0.2, 0.25) is 0 Å². The van der Waals surface area contributed by atoms with Crippen molar-refractivity contribution in [3.8, 4) is 0 Å². The highest BCUT2D eigenvalue weighted by atomic mass is 16.6. The van der Waals surface area contributed by atoms with E-state index >= 15 is 0 Å². The number of nitrogens with zero attached hydrogens (tertiary/aromatic N) is 3. The molecule has 0 saturated heterocycles. The molecule has 2 rings (SSSR count). The Morgan fingerprint density at radius 2 is 2.24 bits per heavy atom. The molecular formula is C10H10N4O3. The molecule has 17 heavy (non-hydrogen) atoms. The summed E-state index contributed by atoms with van der Waals surface area (Å²) in [7, 11) is 0. The van der Waals surface area contributed by atoms with Gasteiger partial charge in [0, 0.05) is 12.6 Å². The fraction of sp³-hybridized carbons (Fsp3) is 0.200. The molecule has 0 saturated carbocycles. The Balaban J connectivity index is 2.39. The Kier molecular flexibility index (Phi) is 2.99. The van der Waals surface area contributed by atoms with Gasteiger partial charge in [-0.1, -0.05) is 6.08 Å². The molecule has 1 aromatic carbocycles. The summed E-state index contributed by atoms with van der Waals surface area (Å²) in [5.41, 5.74) is 1.06. The second-order valence-corrected chi connectivity index (χ2v) is 3.35. The molecule has 1 aromatic heterocycles. The maximum Gasteiger partial charge on any atom is 0.300 e. The van der Waals surface area contributed by atoms with Gasteiger partial charge in [0.25, 0.3) is 0 Å². The molecule has 0 unspecified atom stereocenters. The summed E-state index contributed by atoms with van der Waals surface area (Å²) in [6.45, 7) is 4.28. The van der Waals surface area contributed by atoms with Crippen molar-refractivity contribution in [2.75, 3.05) is 11.9 Å². The van der Waals surface area contributed by atoms with Gasteiger partial charge in [0.1, 0.15) is 0 Å². The van der Waals surface area contributed by atoms with Crippen molar-refractivity contribution in [3.63, 3.8) is 0 Å². The minimum Gasteiger partial charge on any atom is -0.383 e. The Morgan fingerprint density at radius 3 is 2.94 bits per heavy atom. The summed E-state index contributed by atoms with van der Waals surface area (Å²) in [6, 6.07) is 2.97. The zero-order valence-corrected chi connectivity index (χ0v) is 8.92. The van der Waals surface area contributed by atoms with Crippen LogP contribution in [0.1, 0.15) is 6.42 Å². The molecule has 88 valence electrons. The molecule has 7 heteroatoms. The third-order valence-electron chi connectivity index (χ3n) is 2.25. The lowest BCUT2D eigenvalue weighted by Gasteiger charge is -2.03. The van der Waals surface area contributed by atoms with Gasteiger partial charge in [-0.05, 0) is 22.8 Å². The van der Waals surface area contributed by atoms with Gasteiger partial charge < -0.3 is 5.32 Å². The number of fused-ring (bicyclic) bond motifs is 1. The van der Waals surface area contributed by atoms with Crippen LogP contribution in [0.25, 0.3) is 11.0 Å². The predicted molar refractivity (Wildman–Crippen MR) is 61.8 cm³/mol. The number of nitro groups is 1. The zero-order chi connectivity index (χ0) is 12.3. The van der Waals surface area contributed by atoms with Crippen LogP contribution in [0.3, 0.4) is 0 Å². The highest BCUT2D eigenvalue weighted by molar-refractivity contribution is 5.93. The van der Waals surface area contributed by atoms with Gasteiger partial charge in [0.05, 0.1) is 10.6 Å². The molecule has 1 heterocycles. The maximum absolute atomic E-state index is 10.7. The molecule has 0 fully saturated rings. The molecule has 0 aliphatic heterocycles. The first-order chi connectivity index (χ1) is 8.24. The molecule has 0 amide bonds. The van der Waals surface area contributed by atoms with Gasteiger partial charge in [0.15, 0.2) is 5.52 Å². The van der Waals surface area contributed by atoms with Crippen molar-refractivity contribution in [1.82, 2.24) is 10.3 Å². The molecular weight excluding hydrogens is 224 g/mol. The van der Waals surface area contributed by atoms with Crippen molar-refractivity contribution in [2.45, 2.75) is 6.42 Å². The Labute approximate surface area is 96.2 Å². The van der Waals surface area contributed by atoms with E-state index in [4.69, 9.17) is 0 Å². The number of aromatic nitrogens is 2. The van der Waals surface area contributed by atoms with E-state index in [1.54, 1.807) is 12.1 Å². The highest BCUT2D eigenvalue weighted by Crippen LogP contribution is 2.28. The van der Waals surface area contributed by atoms with Crippen LogP contribution in [-0.2, 0) is 0 Å². The Bertz CT molecular complexity index is 564. The SMILES string of the molecule is C=CCCNc1ccc([N+](=O)[O-])c2nonc12. The average Bonchev–Trinajstić information content (AvgIpc) is 2.78. The highest BCUT2D eigenvalue weighted by Gasteiger charge is 2.19. The van der Waals surface area contributed by atoms with Gasteiger partial charge in [0.2, 0.25) is 5.52 Å². The van der Waals surface area contributed by atoms with Gasteiger partial charge >= 0.3 is 5.69 Å². The van der Waals surface area contributed by atoms with E-state index in [1.165, 1.54) is 6.07 Å². The lowest BCUT2D eigenvalue weighted by Crippen LogP contribution is -2.01. The van der Waals surface area contributed by atoms with Crippen LogP contribution < -0.4 is 5.32 Å². The summed E-state index contributed by atoms with van der Waals surface area (Å²) < 4.78 is 4.54. The lowest BCUT2D eigenvalue weighted by atomic mass is 10.2. The van der Waals surface area contributed by atoms with Crippen LogP contribution in [-0.4, -0.2) is 21.8 Å². The van der Waals surface area contributed by atoms with E-state index in [0.717, 1.165) is 6.42 Å². The summed E-state index contributed by atoms with van der Waals surface area (Å²) in [5.74, 6) is 0. The largest absolute Gasteiger partial charge is 0.383 e. The Morgan fingerprint density at radius 1 is 1.47 bits per heavy atom. The van der Waals surface area contributed by atoms with Gasteiger partial charge in [-0.15, -0.1) is 6.58 Å². The maximum atomic E-state index is 10.7. The fourth-order valence-electron chi connectivity index (χ4n) is 1.45. The minimum absolute atomic E-state index is 0.115. The number of nitrogens with one attached hydrogen (secondary N) is 1. The smallest absolute Gasteiger partial charge is 0.300 e. The first-order valence-corrected chi connectivity index (χ1v) is 4.98. The number of non-ortho nitro benzene ring substituents is 1. The average molecular weight is 234 g/mol. The van der Waals surface area contributed by atoms with Crippen molar-refractivity contribution in [1.29, 1.82) is 0 Å². The van der Waals surface area contributed by atoms with Crippen LogP contribution in [0.5, 0.6) is 0 Å². The summed E-state index contributed by atoms with van der Waals surface area (Å²) in [4.78, 5) is 10.2. The van der Waals surface area contributed by atoms with Crippen LogP contribution in [0.15, 0.2) is 29.4 Å². The number of nitro benzene ring substituents is 1. The molecule has 7 nitrogen and oxygen atoms in total. The van der Waals surface area contributed by atoms with Crippen molar-refractivity contribution in [2.24, 2.45) is 0 Å². The standard InChI is InChI=1S/C10H10N4O3/c1-2-3-6-11-7-4-5-8(14(15)16)10-9(7)12-17-13-10/h2,4-5,11H,1,3,6H2. The third kappa shape index (κ3) is 2.07. The molecule has 0 aliphatic rings. The Hall–Kier alpha value is -2.44. The molecule has 0 atom stereocenters. The number of rotatable bonds is 5. The van der Waals surface area contributed by atoms with Crippen LogP contribution >= 0.6 is 0 Å². The first kappa shape index (κ1) is 11.1. The van der Waals surface area contributed by atoms with Gasteiger partial charge in [-0.25, -0.2) is 4.63 Å². The third-order valence-corrected chi connectivity index (χ3v) is 2.25. The summed E-state index contributed by atoms with van der Waals surface area (Å²) in [5, 5.41) is 21.0. The molecule has 0 radical (unpaired) electrons. The van der Waals surface area contributed by atoms with E-state index in [0.29, 0.717) is 17.7 Å². The summed E-state index contributed by atoms with van der Waals surface area (Å²) in [6.07, 6.45) is 2.56. The van der Waals surface area contributed by atoms with E-state index in [-0.39, 0.29) is 11.2 Å². The predicted octanol–water partition coefficient (Wildman–Crippen LogP) is 2.12. The van der Waals surface area contributed by atoms with Crippen molar-refractivity contribution >= 4 is 22.4 Å². The van der Waals surface area contributed by atoms with E-state index in [9.17, 15) is 10.1 Å². The van der Waals surface area contributed by atoms with Crippen molar-refractivity contribution < 1.29 is 9.55 Å².